The maximum Gasteiger partial charge on any atom is 0.411 e. The Labute approximate surface area is 188 Å². The van der Waals surface area contributed by atoms with Crippen LogP contribution in [0.15, 0.2) is 66.7 Å². The number of fused-ring (bicyclic) bond motifs is 7. The van der Waals surface area contributed by atoms with Gasteiger partial charge in [-0.05, 0) is 6.07 Å². The fraction of sp³-hybridized carbons (Fsp3) is 0.154. The quantitative estimate of drug-likeness (QED) is 0.573. The van der Waals surface area contributed by atoms with E-state index in [1.807, 2.05) is 0 Å². The van der Waals surface area contributed by atoms with E-state index in [-0.39, 0.29) is 11.5 Å². The monoisotopic (exact) mass is 439 g/mol. The Balaban J connectivity index is 1.62. The molecule has 162 valence electrons. The topological polar surface area (TPSA) is 98.8 Å². The summed E-state index contributed by atoms with van der Waals surface area (Å²) in [5.74, 6) is -1.85. The summed E-state index contributed by atoms with van der Waals surface area (Å²) < 4.78 is 10.9. The first kappa shape index (κ1) is 19.4. The van der Waals surface area contributed by atoms with E-state index in [2.05, 4.69) is 10.1 Å². The molecule has 6 rings (SSSR count). The van der Waals surface area contributed by atoms with E-state index in [1.165, 1.54) is 7.11 Å². The minimum Gasteiger partial charge on any atom is -0.484 e. The van der Waals surface area contributed by atoms with Crippen molar-refractivity contribution < 1.29 is 28.7 Å². The molecular formula is C26H17NO6. The van der Waals surface area contributed by atoms with Gasteiger partial charge < -0.3 is 9.47 Å². The molecule has 0 saturated heterocycles. The van der Waals surface area contributed by atoms with E-state index in [9.17, 15) is 19.2 Å². The second-order valence-corrected chi connectivity index (χ2v) is 8.31. The largest absolute Gasteiger partial charge is 0.484 e. The SMILES string of the molecule is COC(=O)Nc1ccc2c(c1)OC1c3ccccc3C(=O)C1C21C(=O)c2ccccc2C1=O. The van der Waals surface area contributed by atoms with E-state index >= 15 is 0 Å². The van der Waals surface area contributed by atoms with Gasteiger partial charge in [-0.3, -0.25) is 19.7 Å². The summed E-state index contributed by atoms with van der Waals surface area (Å²) in [5.41, 5.74) is 0.657. The average molecular weight is 439 g/mol. The fourth-order valence-corrected chi connectivity index (χ4v) is 5.44. The molecule has 1 amide bonds. The summed E-state index contributed by atoms with van der Waals surface area (Å²) in [6.45, 7) is 0. The van der Waals surface area contributed by atoms with Crippen molar-refractivity contribution in [3.63, 3.8) is 0 Å². The van der Waals surface area contributed by atoms with Crippen LogP contribution in [0.5, 0.6) is 5.75 Å². The number of carbonyl (C=O) groups is 4. The van der Waals surface area contributed by atoms with Crippen molar-refractivity contribution in [1.82, 2.24) is 0 Å². The van der Waals surface area contributed by atoms with Crippen LogP contribution in [0.1, 0.15) is 48.3 Å². The standard InChI is InChI=1S/C26H17NO6/c1-32-25(31)27-13-10-11-18-19(12-13)33-22-15-7-3-2-6-14(15)21(28)20(22)26(18)23(29)16-8-4-5-9-17(16)24(26)30/h2-12,20,22H,1H3,(H,27,31). The normalized spacial score (nSPS) is 21.1. The molecule has 3 aromatic rings. The molecule has 2 atom stereocenters. The molecule has 3 aliphatic rings. The highest BCUT2D eigenvalue weighted by molar-refractivity contribution is 6.36. The molecule has 1 aliphatic heterocycles. The number of hydrogen-bond donors (Lipinski definition) is 1. The molecule has 2 aliphatic carbocycles. The summed E-state index contributed by atoms with van der Waals surface area (Å²) >= 11 is 0. The van der Waals surface area contributed by atoms with E-state index in [0.29, 0.717) is 33.5 Å². The number of benzene rings is 3. The van der Waals surface area contributed by atoms with Crippen molar-refractivity contribution in [2.45, 2.75) is 11.5 Å². The van der Waals surface area contributed by atoms with Crippen LogP contribution in [0.4, 0.5) is 10.5 Å². The number of amides is 1. The van der Waals surface area contributed by atoms with Crippen molar-refractivity contribution in [1.29, 1.82) is 0 Å². The van der Waals surface area contributed by atoms with Gasteiger partial charge >= 0.3 is 6.09 Å². The third-order valence-corrected chi connectivity index (χ3v) is 6.81. The Hall–Kier alpha value is -4.26. The Morgan fingerprint density at radius 3 is 2.21 bits per heavy atom. The summed E-state index contributed by atoms with van der Waals surface area (Å²) in [7, 11) is 1.25. The van der Waals surface area contributed by atoms with Gasteiger partial charge in [0.05, 0.1) is 13.0 Å². The number of ether oxygens (including phenoxy) is 2. The maximum atomic E-state index is 14.0. The lowest BCUT2D eigenvalue weighted by Crippen LogP contribution is -2.52. The molecule has 3 aromatic carbocycles. The number of hydrogen-bond acceptors (Lipinski definition) is 6. The lowest BCUT2D eigenvalue weighted by atomic mass is 9.63. The predicted octanol–water partition coefficient (Wildman–Crippen LogP) is 4.13. The Morgan fingerprint density at radius 2 is 1.55 bits per heavy atom. The van der Waals surface area contributed by atoms with Crippen LogP contribution in [-0.4, -0.2) is 30.6 Å². The number of methoxy groups -OCH3 is 1. The van der Waals surface area contributed by atoms with Crippen molar-refractivity contribution in [2.75, 3.05) is 12.4 Å². The minimum atomic E-state index is -1.73. The number of rotatable bonds is 1. The Bertz CT molecular complexity index is 1370. The third kappa shape index (κ3) is 2.33. The van der Waals surface area contributed by atoms with Crippen LogP contribution in [0, 0.1) is 5.92 Å². The number of carbonyl (C=O) groups excluding carboxylic acids is 4. The molecule has 7 heteroatoms. The first-order chi connectivity index (χ1) is 16.0. The van der Waals surface area contributed by atoms with Crippen LogP contribution in [0.3, 0.4) is 0 Å². The molecule has 1 spiro atoms. The molecule has 1 N–H and O–H groups in total. The Kier molecular flexibility index (Phi) is 3.90. The first-order valence-electron chi connectivity index (χ1n) is 10.5. The van der Waals surface area contributed by atoms with Gasteiger partial charge in [0.1, 0.15) is 17.3 Å². The molecule has 0 saturated carbocycles. The van der Waals surface area contributed by atoms with Crippen molar-refractivity contribution >= 4 is 29.1 Å². The lowest BCUT2D eigenvalue weighted by Gasteiger charge is -2.41. The zero-order valence-corrected chi connectivity index (χ0v) is 17.5. The number of nitrogens with one attached hydrogen (secondary N) is 1. The molecule has 2 unspecified atom stereocenters. The van der Waals surface area contributed by atoms with Crippen LogP contribution in [-0.2, 0) is 10.2 Å². The molecule has 0 aromatic heterocycles. The van der Waals surface area contributed by atoms with Gasteiger partial charge in [0.2, 0.25) is 0 Å². The highest BCUT2D eigenvalue weighted by atomic mass is 16.5. The summed E-state index contributed by atoms with van der Waals surface area (Å²) in [6.07, 6.45) is -1.48. The van der Waals surface area contributed by atoms with Crippen molar-refractivity contribution in [2.24, 2.45) is 5.92 Å². The molecular weight excluding hydrogens is 422 g/mol. The highest BCUT2D eigenvalue weighted by Gasteiger charge is 2.68. The van der Waals surface area contributed by atoms with Crippen LogP contribution in [0.25, 0.3) is 0 Å². The van der Waals surface area contributed by atoms with E-state index in [0.717, 1.165) is 0 Å². The molecule has 7 nitrogen and oxygen atoms in total. The Morgan fingerprint density at radius 1 is 0.909 bits per heavy atom. The second-order valence-electron chi connectivity index (χ2n) is 8.31. The average Bonchev–Trinajstić information content (AvgIpc) is 3.24. The zero-order valence-electron chi connectivity index (χ0n) is 17.5. The van der Waals surface area contributed by atoms with Gasteiger partial charge in [-0.25, -0.2) is 4.79 Å². The fourth-order valence-electron chi connectivity index (χ4n) is 5.44. The molecule has 0 bridgehead atoms. The molecule has 33 heavy (non-hydrogen) atoms. The number of ketones is 3. The molecule has 0 fully saturated rings. The first-order valence-corrected chi connectivity index (χ1v) is 10.5. The van der Waals surface area contributed by atoms with Crippen molar-refractivity contribution in [3.8, 4) is 5.75 Å². The summed E-state index contributed by atoms with van der Waals surface area (Å²) in [4.78, 5) is 53.3. The van der Waals surface area contributed by atoms with Crippen LogP contribution < -0.4 is 10.1 Å². The molecule has 1 heterocycles. The predicted molar refractivity (Wildman–Crippen MR) is 117 cm³/mol. The van der Waals surface area contributed by atoms with E-state index in [4.69, 9.17) is 4.74 Å². The van der Waals surface area contributed by atoms with E-state index < -0.39 is 35.1 Å². The van der Waals surface area contributed by atoms with Crippen LogP contribution in [0.2, 0.25) is 0 Å². The maximum absolute atomic E-state index is 14.0. The van der Waals surface area contributed by atoms with Gasteiger partial charge in [0.15, 0.2) is 17.3 Å². The summed E-state index contributed by atoms with van der Waals surface area (Å²) in [5, 5.41) is 2.57. The third-order valence-electron chi connectivity index (χ3n) is 6.81. The van der Waals surface area contributed by atoms with E-state index in [1.54, 1.807) is 66.7 Å². The van der Waals surface area contributed by atoms with Gasteiger partial charge in [0.25, 0.3) is 0 Å². The van der Waals surface area contributed by atoms with Gasteiger partial charge in [-0.2, -0.15) is 0 Å². The number of anilines is 1. The smallest absolute Gasteiger partial charge is 0.411 e. The highest BCUT2D eigenvalue weighted by Crippen LogP contribution is 2.59. The van der Waals surface area contributed by atoms with Gasteiger partial charge in [-0.15, -0.1) is 0 Å². The van der Waals surface area contributed by atoms with Gasteiger partial charge in [0, 0.05) is 39.6 Å². The lowest BCUT2D eigenvalue weighted by molar-refractivity contribution is 0.0391. The minimum absolute atomic E-state index is 0.268. The van der Waals surface area contributed by atoms with Crippen molar-refractivity contribution in [3.05, 3.63) is 94.5 Å². The van der Waals surface area contributed by atoms with Crippen LogP contribution >= 0.6 is 0 Å². The van der Waals surface area contributed by atoms with Gasteiger partial charge in [-0.1, -0.05) is 54.6 Å². The summed E-state index contributed by atoms with van der Waals surface area (Å²) in [6, 6.07) is 18.4. The second kappa shape index (κ2) is 6.62. The number of Topliss-reactive ketones (excluding diaryl/α,β-unsaturated/α-hetero) is 3. The zero-order chi connectivity index (χ0) is 22.9. The molecule has 0 radical (unpaired) electrons.